The highest BCUT2D eigenvalue weighted by Crippen LogP contribution is 2.14. The minimum absolute atomic E-state index is 0.0945. The molecule has 0 saturated heterocycles. The third-order valence-electron chi connectivity index (χ3n) is 2.01. The van der Waals surface area contributed by atoms with Gasteiger partial charge >= 0.3 is 0 Å². The minimum atomic E-state index is -0.476. The smallest absolute Gasteiger partial charge is 0.258 e. The molecule has 0 fully saturated rings. The lowest BCUT2D eigenvalue weighted by molar-refractivity contribution is 0.102. The molecule has 0 atom stereocenters. The highest BCUT2D eigenvalue weighted by molar-refractivity contribution is 6.07. The van der Waals surface area contributed by atoms with Crippen molar-refractivity contribution in [3.8, 4) is 0 Å². The van der Waals surface area contributed by atoms with E-state index in [-0.39, 0.29) is 11.3 Å². The summed E-state index contributed by atoms with van der Waals surface area (Å²) in [5.74, 6) is -0.439. The molecule has 0 bridgehead atoms. The number of rotatable bonds is 2. The van der Waals surface area contributed by atoms with Gasteiger partial charge in [0, 0.05) is 11.8 Å². The summed E-state index contributed by atoms with van der Waals surface area (Å²) < 4.78 is 12.8. The molecule has 5 nitrogen and oxygen atoms in total. The van der Waals surface area contributed by atoms with Crippen LogP contribution < -0.4 is 11.1 Å². The maximum absolute atomic E-state index is 12.8. The summed E-state index contributed by atoms with van der Waals surface area (Å²) in [5, 5.41) is 8.79. The molecule has 1 aromatic heterocycles. The van der Waals surface area contributed by atoms with Gasteiger partial charge in [0.2, 0.25) is 0 Å². The first-order chi connectivity index (χ1) is 7.66. The zero-order valence-corrected chi connectivity index (χ0v) is 8.20. The fourth-order valence-corrected chi connectivity index (χ4v) is 1.26. The zero-order valence-electron chi connectivity index (χ0n) is 8.20. The summed E-state index contributed by atoms with van der Waals surface area (Å²) in [7, 11) is 0. The molecule has 2 aromatic rings. The van der Waals surface area contributed by atoms with E-state index in [2.05, 4.69) is 15.5 Å². The van der Waals surface area contributed by atoms with Crippen molar-refractivity contribution < 1.29 is 9.18 Å². The van der Waals surface area contributed by atoms with Crippen molar-refractivity contribution in [2.75, 3.05) is 11.1 Å². The number of nitrogens with two attached hydrogens (primary N) is 1. The third kappa shape index (κ3) is 2.00. The summed E-state index contributed by atoms with van der Waals surface area (Å²) in [6.45, 7) is 0. The molecular weight excluding hydrogens is 211 g/mol. The molecule has 0 saturated carbocycles. The predicted octanol–water partition coefficient (Wildman–Crippen LogP) is 1.38. The number of halogens is 1. The van der Waals surface area contributed by atoms with Gasteiger partial charge in [-0.25, -0.2) is 4.39 Å². The number of aromatic nitrogens is 2. The molecule has 0 aliphatic rings. The van der Waals surface area contributed by atoms with Crippen LogP contribution in [0.3, 0.4) is 0 Å². The average molecular weight is 220 g/mol. The largest absolute Gasteiger partial charge is 0.398 e. The Labute approximate surface area is 90.5 Å². The van der Waals surface area contributed by atoms with Crippen LogP contribution in [0.2, 0.25) is 0 Å². The van der Waals surface area contributed by atoms with Crippen LogP contribution in [-0.4, -0.2) is 16.1 Å². The van der Waals surface area contributed by atoms with E-state index in [0.717, 1.165) is 6.07 Å². The number of hydrogen-bond donors (Lipinski definition) is 3. The van der Waals surface area contributed by atoms with E-state index in [9.17, 15) is 9.18 Å². The van der Waals surface area contributed by atoms with Crippen molar-refractivity contribution in [1.82, 2.24) is 10.2 Å². The molecular formula is C10H9FN4O. The van der Waals surface area contributed by atoms with E-state index in [1.165, 1.54) is 18.3 Å². The third-order valence-corrected chi connectivity index (χ3v) is 2.01. The number of H-pyrrole nitrogens is 1. The van der Waals surface area contributed by atoms with Crippen molar-refractivity contribution in [3.63, 3.8) is 0 Å². The molecule has 0 spiro atoms. The second-order valence-corrected chi connectivity index (χ2v) is 3.16. The lowest BCUT2D eigenvalue weighted by Crippen LogP contribution is -2.14. The number of carbonyl (C=O) groups is 1. The Morgan fingerprint density at radius 2 is 2.25 bits per heavy atom. The number of carbonyl (C=O) groups excluding carboxylic acids is 1. The Bertz CT molecular complexity index is 510. The minimum Gasteiger partial charge on any atom is -0.398 e. The van der Waals surface area contributed by atoms with Crippen LogP contribution in [0.1, 0.15) is 10.4 Å². The molecule has 1 aromatic carbocycles. The molecule has 1 amide bonds. The van der Waals surface area contributed by atoms with E-state index in [4.69, 9.17) is 5.73 Å². The second kappa shape index (κ2) is 4.01. The fourth-order valence-electron chi connectivity index (χ4n) is 1.26. The topological polar surface area (TPSA) is 83.8 Å². The van der Waals surface area contributed by atoms with Gasteiger partial charge in [0.1, 0.15) is 11.6 Å². The Hall–Kier alpha value is -2.37. The summed E-state index contributed by atoms with van der Waals surface area (Å²) >= 11 is 0. The zero-order chi connectivity index (χ0) is 11.5. The molecule has 0 aliphatic heterocycles. The van der Waals surface area contributed by atoms with Gasteiger partial charge in [0.25, 0.3) is 5.91 Å². The fraction of sp³-hybridized carbons (Fsp3) is 0. The van der Waals surface area contributed by atoms with E-state index in [1.807, 2.05) is 0 Å². The quantitative estimate of drug-likeness (QED) is 0.668. The van der Waals surface area contributed by atoms with Gasteiger partial charge in [-0.05, 0) is 18.2 Å². The first-order valence-corrected chi connectivity index (χ1v) is 4.52. The summed E-state index contributed by atoms with van der Waals surface area (Å²) in [6.07, 6.45) is 1.50. The van der Waals surface area contributed by atoms with Crippen molar-refractivity contribution in [2.45, 2.75) is 0 Å². The number of nitrogens with one attached hydrogen (secondary N) is 2. The van der Waals surface area contributed by atoms with Gasteiger partial charge in [-0.2, -0.15) is 5.10 Å². The van der Waals surface area contributed by atoms with Crippen LogP contribution in [0.15, 0.2) is 30.5 Å². The van der Waals surface area contributed by atoms with Gasteiger partial charge in [-0.15, -0.1) is 0 Å². The highest BCUT2D eigenvalue weighted by atomic mass is 19.1. The van der Waals surface area contributed by atoms with Gasteiger partial charge in [0.05, 0.1) is 11.8 Å². The Morgan fingerprint density at radius 1 is 1.44 bits per heavy atom. The Balaban J connectivity index is 2.21. The number of aromatic amines is 1. The standard InChI is InChI=1S/C10H9FN4O/c11-6-1-2-7(8(12)5-6)10(16)14-9-3-4-13-15-9/h1-5H,12H2,(H2,13,14,15,16). The average Bonchev–Trinajstić information content (AvgIpc) is 2.70. The molecule has 0 aliphatic carbocycles. The molecule has 82 valence electrons. The first-order valence-electron chi connectivity index (χ1n) is 4.52. The van der Waals surface area contributed by atoms with Crippen molar-refractivity contribution in [3.05, 3.63) is 41.8 Å². The molecule has 4 N–H and O–H groups in total. The second-order valence-electron chi connectivity index (χ2n) is 3.16. The normalized spacial score (nSPS) is 10.1. The molecule has 0 radical (unpaired) electrons. The summed E-state index contributed by atoms with van der Waals surface area (Å²) in [4.78, 5) is 11.7. The Morgan fingerprint density at radius 3 is 2.88 bits per heavy atom. The van der Waals surface area contributed by atoms with Gasteiger partial charge in [0.15, 0.2) is 0 Å². The molecule has 1 heterocycles. The van der Waals surface area contributed by atoms with Crippen LogP contribution in [0.4, 0.5) is 15.9 Å². The van der Waals surface area contributed by atoms with Crippen LogP contribution in [0.25, 0.3) is 0 Å². The van der Waals surface area contributed by atoms with Crippen molar-refractivity contribution >= 4 is 17.4 Å². The molecule has 16 heavy (non-hydrogen) atoms. The Kier molecular flexibility index (Phi) is 2.55. The predicted molar refractivity (Wildman–Crippen MR) is 57.4 cm³/mol. The molecule has 2 rings (SSSR count). The maximum atomic E-state index is 12.8. The molecule has 6 heteroatoms. The summed E-state index contributed by atoms with van der Waals surface area (Å²) in [6, 6.07) is 5.20. The van der Waals surface area contributed by atoms with Crippen molar-refractivity contribution in [2.24, 2.45) is 0 Å². The number of benzene rings is 1. The SMILES string of the molecule is Nc1cc(F)ccc1C(=O)Nc1ccn[nH]1. The van der Waals surface area contributed by atoms with Crippen LogP contribution in [-0.2, 0) is 0 Å². The molecule has 0 unspecified atom stereocenters. The van der Waals surface area contributed by atoms with Gasteiger partial charge in [-0.3, -0.25) is 9.89 Å². The first kappa shape index (κ1) is 10.2. The summed E-state index contributed by atoms with van der Waals surface area (Å²) in [5.41, 5.74) is 5.84. The number of amides is 1. The number of anilines is 2. The number of nitrogen functional groups attached to an aromatic ring is 1. The van der Waals surface area contributed by atoms with Gasteiger partial charge in [-0.1, -0.05) is 0 Å². The van der Waals surface area contributed by atoms with Crippen LogP contribution in [0.5, 0.6) is 0 Å². The lowest BCUT2D eigenvalue weighted by Gasteiger charge is -2.05. The monoisotopic (exact) mass is 220 g/mol. The van der Waals surface area contributed by atoms with Gasteiger partial charge < -0.3 is 11.1 Å². The van der Waals surface area contributed by atoms with Crippen LogP contribution in [0, 0.1) is 5.82 Å². The maximum Gasteiger partial charge on any atom is 0.258 e. The number of hydrogen-bond acceptors (Lipinski definition) is 3. The number of nitrogens with zero attached hydrogens (tertiary/aromatic N) is 1. The van der Waals surface area contributed by atoms with E-state index in [1.54, 1.807) is 6.07 Å². The van der Waals surface area contributed by atoms with E-state index in [0.29, 0.717) is 5.82 Å². The lowest BCUT2D eigenvalue weighted by atomic mass is 10.1. The van der Waals surface area contributed by atoms with E-state index >= 15 is 0 Å². The van der Waals surface area contributed by atoms with Crippen LogP contribution >= 0.6 is 0 Å². The van der Waals surface area contributed by atoms with Crippen molar-refractivity contribution in [1.29, 1.82) is 0 Å². The highest BCUT2D eigenvalue weighted by Gasteiger charge is 2.10. The van der Waals surface area contributed by atoms with E-state index < -0.39 is 11.7 Å².